The second-order valence-electron chi connectivity index (χ2n) is 4.39. The third-order valence-corrected chi connectivity index (χ3v) is 3.35. The molecular weight excluding hydrogens is 368 g/mol. The molecule has 122 valence electrons. The second kappa shape index (κ2) is 8.44. The van der Waals surface area contributed by atoms with Crippen molar-refractivity contribution in [3.63, 3.8) is 0 Å². The molecule has 0 spiro atoms. The molecule has 0 unspecified atom stereocenters. The average Bonchev–Trinajstić information content (AvgIpc) is 2.57. The molecule has 0 aliphatic heterocycles. The highest BCUT2D eigenvalue weighted by molar-refractivity contribution is 9.10. The second-order valence-corrected chi connectivity index (χ2v) is 5.24. The van der Waals surface area contributed by atoms with Crippen LogP contribution in [0.15, 0.2) is 45.8 Å². The number of benzene rings is 1. The summed E-state index contributed by atoms with van der Waals surface area (Å²) in [6.45, 7) is 0.249. The van der Waals surface area contributed by atoms with E-state index in [0.29, 0.717) is 10.0 Å². The molecule has 0 bridgehead atoms. The molecule has 0 fully saturated rings. The molecule has 0 atom stereocenters. The molecular formula is C15H15BrN2O5. The third kappa shape index (κ3) is 4.90. The minimum Gasteiger partial charge on any atom is -0.480 e. The van der Waals surface area contributed by atoms with Gasteiger partial charge in [-0.3, -0.25) is 4.57 Å². The lowest BCUT2D eigenvalue weighted by Gasteiger charge is -2.09. The fourth-order valence-corrected chi connectivity index (χ4v) is 2.20. The first-order valence-electron chi connectivity index (χ1n) is 6.72. The molecule has 2 aromatic rings. The molecule has 1 heterocycles. The van der Waals surface area contributed by atoms with Gasteiger partial charge in [-0.2, -0.15) is 4.98 Å². The molecule has 0 N–H and O–H groups in total. The number of esters is 1. The van der Waals surface area contributed by atoms with Crippen molar-refractivity contribution in [1.29, 1.82) is 0 Å². The van der Waals surface area contributed by atoms with E-state index in [2.05, 4.69) is 20.9 Å². The highest BCUT2D eigenvalue weighted by Gasteiger charge is 2.07. The summed E-state index contributed by atoms with van der Waals surface area (Å²) < 4.78 is 17.1. The number of hydrogen-bond acceptors (Lipinski definition) is 6. The van der Waals surface area contributed by atoms with E-state index in [0.717, 1.165) is 0 Å². The molecule has 0 aliphatic rings. The highest BCUT2D eigenvalue weighted by atomic mass is 79.9. The van der Waals surface area contributed by atoms with Crippen molar-refractivity contribution >= 4 is 21.9 Å². The van der Waals surface area contributed by atoms with Crippen LogP contribution in [0.1, 0.15) is 10.4 Å². The van der Waals surface area contributed by atoms with Crippen molar-refractivity contribution in [2.75, 3.05) is 20.3 Å². The van der Waals surface area contributed by atoms with Crippen LogP contribution in [-0.4, -0.2) is 35.8 Å². The summed E-state index contributed by atoms with van der Waals surface area (Å²) in [6.07, 6.45) is 1.52. The summed E-state index contributed by atoms with van der Waals surface area (Å²) >= 11 is 3.24. The lowest BCUT2D eigenvalue weighted by molar-refractivity contribution is 0.0162. The number of halogens is 1. The Morgan fingerprint density at radius 2 is 2.00 bits per heavy atom. The molecule has 0 aliphatic carbocycles. The zero-order valence-corrected chi connectivity index (χ0v) is 14.0. The van der Waals surface area contributed by atoms with E-state index < -0.39 is 11.7 Å². The predicted molar refractivity (Wildman–Crippen MR) is 85.4 cm³/mol. The Morgan fingerprint density at radius 1 is 1.26 bits per heavy atom. The normalized spacial score (nSPS) is 10.3. The summed E-state index contributed by atoms with van der Waals surface area (Å²) in [6, 6.07) is 8.67. The van der Waals surface area contributed by atoms with Crippen molar-refractivity contribution in [2.45, 2.75) is 6.73 Å². The van der Waals surface area contributed by atoms with Crippen molar-refractivity contribution in [3.8, 4) is 5.88 Å². The molecule has 8 heteroatoms. The maximum absolute atomic E-state index is 11.7. The quantitative estimate of drug-likeness (QED) is 0.536. The Labute approximate surface area is 140 Å². The van der Waals surface area contributed by atoms with Gasteiger partial charge in [0.25, 0.3) is 0 Å². The van der Waals surface area contributed by atoms with Gasteiger partial charge in [-0.05, 0) is 28.1 Å². The number of nitrogens with zero attached hydrogens (tertiary/aromatic N) is 2. The Bertz CT molecular complexity index is 718. The van der Waals surface area contributed by atoms with Crippen molar-refractivity contribution < 1.29 is 19.0 Å². The van der Waals surface area contributed by atoms with Crippen molar-refractivity contribution in [1.82, 2.24) is 9.55 Å². The van der Waals surface area contributed by atoms with Gasteiger partial charge in [0.2, 0.25) is 5.88 Å². The zero-order valence-electron chi connectivity index (χ0n) is 12.4. The summed E-state index contributed by atoms with van der Waals surface area (Å²) in [4.78, 5) is 27.1. The largest absolute Gasteiger partial charge is 0.480 e. The summed E-state index contributed by atoms with van der Waals surface area (Å²) in [5, 5.41) is 0. The fourth-order valence-electron chi connectivity index (χ4n) is 1.70. The predicted octanol–water partition coefficient (Wildman–Crippen LogP) is 1.85. The van der Waals surface area contributed by atoms with Crippen LogP contribution in [0.5, 0.6) is 5.88 Å². The van der Waals surface area contributed by atoms with E-state index in [9.17, 15) is 9.59 Å². The number of carbonyl (C=O) groups excluding carboxylic acids is 1. The Hall–Kier alpha value is -2.19. The fraction of sp³-hybridized carbons (Fsp3) is 0.267. The third-order valence-electron chi connectivity index (χ3n) is 2.81. The Balaban J connectivity index is 1.77. The van der Waals surface area contributed by atoms with Crippen LogP contribution in [0.4, 0.5) is 0 Å². The number of rotatable bonds is 7. The molecule has 0 saturated carbocycles. The van der Waals surface area contributed by atoms with Gasteiger partial charge in [-0.25, -0.2) is 9.59 Å². The number of aromatic nitrogens is 2. The number of ether oxygens (including phenoxy) is 3. The lowest BCUT2D eigenvalue weighted by atomic mass is 10.2. The van der Waals surface area contributed by atoms with E-state index in [1.807, 2.05) is 6.07 Å². The molecule has 7 nitrogen and oxygen atoms in total. The molecule has 0 saturated heterocycles. The topological polar surface area (TPSA) is 79.7 Å². The van der Waals surface area contributed by atoms with Crippen LogP contribution in [0.25, 0.3) is 0 Å². The van der Waals surface area contributed by atoms with Crippen LogP contribution < -0.4 is 10.4 Å². The van der Waals surface area contributed by atoms with Gasteiger partial charge in [-0.1, -0.05) is 18.2 Å². The van der Waals surface area contributed by atoms with Gasteiger partial charge in [0.15, 0.2) is 0 Å². The SMILES string of the molecule is COc1nc(=O)n(COCCOC(=O)c2ccccc2)cc1Br. The Morgan fingerprint density at radius 3 is 2.70 bits per heavy atom. The van der Waals surface area contributed by atoms with E-state index >= 15 is 0 Å². The first-order chi connectivity index (χ1) is 11.1. The summed E-state index contributed by atoms with van der Waals surface area (Å²) in [7, 11) is 1.43. The van der Waals surface area contributed by atoms with Crippen molar-refractivity contribution in [2.24, 2.45) is 0 Å². The van der Waals surface area contributed by atoms with E-state index in [-0.39, 0.29) is 25.8 Å². The number of methoxy groups -OCH3 is 1. The monoisotopic (exact) mass is 382 g/mol. The first kappa shape index (κ1) is 17.2. The van der Waals surface area contributed by atoms with Gasteiger partial charge in [0.1, 0.15) is 13.3 Å². The molecule has 1 aromatic heterocycles. The smallest absolute Gasteiger partial charge is 0.352 e. The van der Waals surface area contributed by atoms with Gasteiger partial charge in [-0.15, -0.1) is 0 Å². The average molecular weight is 383 g/mol. The lowest BCUT2D eigenvalue weighted by Crippen LogP contribution is -2.25. The molecule has 23 heavy (non-hydrogen) atoms. The van der Waals surface area contributed by atoms with Crippen LogP contribution in [0.3, 0.4) is 0 Å². The van der Waals surface area contributed by atoms with Gasteiger partial charge in [0, 0.05) is 6.20 Å². The molecule has 1 aromatic carbocycles. The first-order valence-corrected chi connectivity index (χ1v) is 7.52. The molecule has 0 radical (unpaired) electrons. The summed E-state index contributed by atoms with van der Waals surface area (Å²) in [5.41, 5.74) is -0.0154. The van der Waals surface area contributed by atoms with Gasteiger partial charge < -0.3 is 14.2 Å². The van der Waals surface area contributed by atoms with E-state index in [4.69, 9.17) is 14.2 Å². The minimum atomic E-state index is -0.494. The van der Waals surface area contributed by atoms with Crippen molar-refractivity contribution in [3.05, 3.63) is 57.0 Å². The maximum atomic E-state index is 11.7. The Kier molecular flexibility index (Phi) is 6.30. The van der Waals surface area contributed by atoms with Crippen LogP contribution >= 0.6 is 15.9 Å². The maximum Gasteiger partial charge on any atom is 0.352 e. The van der Waals surface area contributed by atoms with E-state index in [1.165, 1.54) is 17.9 Å². The standard InChI is InChI=1S/C15H15BrN2O5/c1-21-13-12(16)9-18(15(20)17-13)10-22-7-8-23-14(19)11-5-3-2-4-6-11/h2-6,9H,7-8,10H2,1H3. The van der Waals surface area contributed by atoms with Gasteiger partial charge >= 0.3 is 11.7 Å². The minimum absolute atomic E-state index is 0.00266. The number of hydrogen-bond donors (Lipinski definition) is 0. The van der Waals surface area contributed by atoms with E-state index in [1.54, 1.807) is 24.3 Å². The van der Waals surface area contributed by atoms with Gasteiger partial charge in [0.05, 0.1) is 23.8 Å². The molecule has 0 amide bonds. The number of carbonyl (C=O) groups is 1. The molecule has 2 rings (SSSR count). The van der Waals surface area contributed by atoms with Crippen LogP contribution in [0.2, 0.25) is 0 Å². The van der Waals surface area contributed by atoms with Crippen LogP contribution in [0, 0.1) is 0 Å². The summed E-state index contributed by atoms with van der Waals surface area (Å²) in [5.74, 6) is -0.205. The van der Waals surface area contributed by atoms with Crippen LogP contribution in [-0.2, 0) is 16.2 Å². The zero-order chi connectivity index (χ0) is 16.7. The highest BCUT2D eigenvalue weighted by Crippen LogP contribution is 2.18.